The molecule has 0 bridgehead atoms. The van der Waals surface area contributed by atoms with Crippen molar-refractivity contribution in [2.75, 3.05) is 5.32 Å². The fourth-order valence-electron chi connectivity index (χ4n) is 2.30. The van der Waals surface area contributed by atoms with E-state index < -0.39 is 0 Å². The third-order valence-electron chi connectivity index (χ3n) is 3.34. The maximum atomic E-state index is 12.9. The maximum absolute atomic E-state index is 12.9. The first-order valence-corrected chi connectivity index (χ1v) is 6.93. The van der Waals surface area contributed by atoms with E-state index in [1.54, 1.807) is 18.2 Å². The lowest BCUT2D eigenvalue weighted by Gasteiger charge is -2.05. The van der Waals surface area contributed by atoms with E-state index in [1.807, 2.05) is 19.1 Å². The van der Waals surface area contributed by atoms with Gasteiger partial charge in [0.25, 0.3) is 5.91 Å². The Balaban J connectivity index is 2.14. The SMILES string of the molecule is Cc1c(Br)ccc2c1C(=Cc1ccc(F)cc1)C(=O)N2. The standard InChI is InChI=1S/C16H11BrFNO/c1-9-13(17)6-7-14-15(9)12(16(20)19-14)8-10-2-4-11(18)5-3-10/h2-8H,1H3,(H,19,20). The van der Waals surface area contributed by atoms with Crippen molar-refractivity contribution in [3.63, 3.8) is 0 Å². The lowest BCUT2D eigenvalue weighted by molar-refractivity contribution is -0.110. The van der Waals surface area contributed by atoms with E-state index in [1.165, 1.54) is 12.1 Å². The van der Waals surface area contributed by atoms with Gasteiger partial charge >= 0.3 is 0 Å². The Bertz CT molecular complexity index is 735. The van der Waals surface area contributed by atoms with Gasteiger partial charge in [0.15, 0.2) is 0 Å². The number of hydrogen-bond donors (Lipinski definition) is 1. The topological polar surface area (TPSA) is 29.1 Å². The van der Waals surface area contributed by atoms with Gasteiger partial charge < -0.3 is 5.32 Å². The molecule has 2 aromatic carbocycles. The minimum Gasteiger partial charge on any atom is -0.321 e. The van der Waals surface area contributed by atoms with Gasteiger partial charge in [0.05, 0.1) is 0 Å². The summed E-state index contributed by atoms with van der Waals surface area (Å²) >= 11 is 3.48. The minimum absolute atomic E-state index is 0.134. The predicted octanol–water partition coefficient (Wildman–Crippen LogP) is 4.39. The molecule has 0 spiro atoms. The molecule has 1 N–H and O–H groups in total. The van der Waals surface area contributed by atoms with Crippen LogP contribution >= 0.6 is 15.9 Å². The highest BCUT2D eigenvalue weighted by Gasteiger charge is 2.26. The van der Waals surface area contributed by atoms with Crippen LogP contribution in [0.1, 0.15) is 16.7 Å². The largest absolute Gasteiger partial charge is 0.321 e. The molecule has 20 heavy (non-hydrogen) atoms. The Morgan fingerprint density at radius 1 is 1.15 bits per heavy atom. The second-order valence-electron chi connectivity index (χ2n) is 4.66. The maximum Gasteiger partial charge on any atom is 0.256 e. The first-order chi connectivity index (χ1) is 9.56. The average Bonchev–Trinajstić information content (AvgIpc) is 2.74. The predicted molar refractivity (Wildman–Crippen MR) is 81.8 cm³/mol. The third kappa shape index (κ3) is 2.16. The average molecular weight is 332 g/mol. The van der Waals surface area contributed by atoms with E-state index in [9.17, 15) is 9.18 Å². The summed E-state index contributed by atoms with van der Waals surface area (Å²) < 4.78 is 13.9. The number of halogens is 2. The summed E-state index contributed by atoms with van der Waals surface area (Å²) in [5.74, 6) is -0.423. The molecule has 4 heteroatoms. The summed E-state index contributed by atoms with van der Waals surface area (Å²) in [7, 11) is 0. The Hall–Kier alpha value is -1.94. The van der Waals surface area contributed by atoms with Gasteiger partial charge in [-0.1, -0.05) is 28.1 Å². The van der Waals surface area contributed by atoms with Crippen LogP contribution < -0.4 is 5.32 Å². The van der Waals surface area contributed by atoms with Crippen LogP contribution in [0.2, 0.25) is 0 Å². The molecule has 0 saturated carbocycles. The first-order valence-electron chi connectivity index (χ1n) is 6.14. The fraction of sp³-hybridized carbons (Fsp3) is 0.0625. The Kier molecular flexibility index (Phi) is 3.18. The Labute approximate surface area is 124 Å². The second-order valence-corrected chi connectivity index (χ2v) is 5.51. The number of hydrogen-bond acceptors (Lipinski definition) is 1. The molecular formula is C16H11BrFNO. The van der Waals surface area contributed by atoms with E-state index in [0.29, 0.717) is 5.57 Å². The quantitative estimate of drug-likeness (QED) is 0.771. The van der Waals surface area contributed by atoms with Crippen LogP contribution in [0, 0.1) is 12.7 Å². The molecule has 1 aliphatic heterocycles. The molecule has 0 atom stereocenters. The van der Waals surface area contributed by atoms with Gasteiger partial charge in [-0.3, -0.25) is 4.79 Å². The van der Waals surface area contributed by atoms with Crippen molar-refractivity contribution in [1.82, 2.24) is 0 Å². The fourth-order valence-corrected chi connectivity index (χ4v) is 2.63. The van der Waals surface area contributed by atoms with Gasteiger partial charge in [-0.2, -0.15) is 0 Å². The zero-order valence-electron chi connectivity index (χ0n) is 10.7. The van der Waals surface area contributed by atoms with Crippen LogP contribution in [0.4, 0.5) is 10.1 Å². The zero-order chi connectivity index (χ0) is 14.3. The smallest absolute Gasteiger partial charge is 0.256 e. The summed E-state index contributed by atoms with van der Waals surface area (Å²) in [6.45, 7) is 1.96. The van der Waals surface area contributed by atoms with E-state index in [4.69, 9.17) is 0 Å². The molecule has 1 amide bonds. The van der Waals surface area contributed by atoms with Crippen LogP contribution in [-0.2, 0) is 4.79 Å². The monoisotopic (exact) mass is 331 g/mol. The van der Waals surface area contributed by atoms with Crippen LogP contribution in [0.15, 0.2) is 40.9 Å². The van der Waals surface area contributed by atoms with Gasteiger partial charge in [-0.25, -0.2) is 4.39 Å². The van der Waals surface area contributed by atoms with Gasteiger partial charge in [0, 0.05) is 21.3 Å². The van der Waals surface area contributed by atoms with Crippen molar-refractivity contribution in [2.45, 2.75) is 6.92 Å². The van der Waals surface area contributed by atoms with E-state index in [2.05, 4.69) is 21.2 Å². The highest BCUT2D eigenvalue weighted by atomic mass is 79.9. The number of rotatable bonds is 1. The summed E-state index contributed by atoms with van der Waals surface area (Å²) in [4.78, 5) is 12.1. The van der Waals surface area contributed by atoms with Crippen molar-refractivity contribution >= 4 is 39.2 Å². The third-order valence-corrected chi connectivity index (χ3v) is 4.20. The van der Waals surface area contributed by atoms with Crippen LogP contribution in [0.5, 0.6) is 0 Å². The Morgan fingerprint density at radius 2 is 1.85 bits per heavy atom. The van der Waals surface area contributed by atoms with Crippen molar-refractivity contribution in [1.29, 1.82) is 0 Å². The zero-order valence-corrected chi connectivity index (χ0v) is 12.3. The van der Waals surface area contributed by atoms with E-state index >= 15 is 0 Å². The molecule has 0 aliphatic carbocycles. The lowest BCUT2D eigenvalue weighted by Crippen LogP contribution is -2.03. The number of anilines is 1. The molecule has 100 valence electrons. The molecule has 1 aliphatic rings. The van der Waals surface area contributed by atoms with Crippen LogP contribution in [-0.4, -0.2) is 5.91 Å². The molecule has 3 rings (SSSR count). The molecule has 2 aromatic rings. The van der Waals surface area contributed by atoms with Gasteiger partial charge in [0.1, 0.15) is 5.82 Å². The van der Waals surface area contributed by atoms with E-state index in [-0.39, 0.29) is 11.7 Å². The molecule has 0 fully saturated rings. The molecule has 2 nitrogen and oxygen atoms in total. The molecule has 0 radical (unpaired) electrons. The van der Waals surface area contributed by atoms with Crippen molar-refractivity contribution in [3.8, 4) is 0 Å². The number of amides is 1. The number of nitrogens with one attached hydrogen (secondary N) is 1. The van der Waals surface area contributed by atoms with Crippen molar-refractivity contribution in [2.24, 2.45) is 0 Å². The number of carbonyl (C=O) groups is 1. The lowest BCUT2D eigenvalue weighted by atomic mass is 9.99. The second kappa shape index (κ2) is 4.87. The summed E-state index contributed by atoms with van der Waals surface area (Å²) in [6, 6.07) is 9.86. The highest BCUT2D eigenvalue weighted by Crippen LogP contribution is 2.38. The summed E-state index contributed by atoms with van der Waals surface area (Å²) in [5, 5.41) is 2.85. The molecule has 0 aromatic heterocycles. The van der Waals surface area contributed by atoms with Crippen LogP contribution in [0.25, 0.3) is 11.6 Å². The molecular weight excluding hydrogens is 321 g/mol. The molecule has 0 unspecified atom stereocenters. The summed E-state index contributed by atoms with van der Waals surface area (Å²) in [5.41, 5.74) is 4.11. The molecule has 0 saturated heterocycles. The minimum atomic E-state index is -0.289. The number of fused-ring (bicyclic) bond motifs is 1. The first kappa shape index (κ1) is 13.1. The normalized spacial score (nSPS) is 15.3. The Morgan fingerprint density at radius 3 is 2.55 bits per heavy atom. The molecule has 1 heterocycles. The van der Waals surface area contributed by atoms with Gasteiger partial charge in [-0.05, 0) is 48.4 Å². The van der Waals surface area contributed by atoms with E-state index in [0.717, 1.165) is 26.9 Å². The number of benzene rings is 2. The van der Waals surface area contributed by atoms with Gasteiger partial charge in [0.2, 0.25) is 0 Å². The van der Waals surface area contributed by atoms with Gasteiger partial charge in [-0.15, -0.1) is 0 Å². The summed E-state index contributed by atoms with van der Waals surface area (Å²) in [6.07, 6.45) is 1.78. The van der Waals surface area contributed by atoms with Crippen LogP contribution in [0.3, 0.4) is 0 Å². The van der Waals surface area contributed by atoms with Crippen molar-refractivity contribution in [3.05, 3.63) is 63.4 Å². The number of carbonyl (C=O) groups excluding carboxylic acids is 1. The highest BCUT2D eigenvalue weighted by molar-refractivity contribution is 9.10. The van der Waals surface area contributed by atoms with Crippen molar-refractivity contribution < 1.29 is 9.18 Å².